The molecule has 0 bridgehead atoms. The third-order valence-corrected chi connectivity index (χ3v) is 4.73. The van der Waals surface area contributed by atoms with E-state index in [4.69, 9.17) is 9.88 Å². The minimum atomic E-state index is -3.84. The molecule has 1 amide bonds. The maximum absolute atomic E-state index is 12.1. The number of amides is 1. The Balaban J connectivity index is 2.13. The number of sulfonamides is 1. The smallest absolute Gasteiger partial charge is 0.251 e. The fraction of sp³-hybridized carbons (Fsp3) is 0.500. The van der Waals surface area contributed by atoms with Gasteiger partial charge in [-0.15, -0.1) is 0 Å². The van der Waals surface area contributed by atoms with Crippen molar-refractivity contribution in [1.29, 1.82) is 0 Å². The van der Waals surface area contributed by atoms with Crippen molar-refractivity contribution in [3.8, 4) is 0 Å². The van der Waals surface area contributed by atoms with E-state index in [2.05, 4.69) is 5.32 Å². The van der Waals surface area contributed by atoms with Gasteiger partial charge in [0.1, 0.15) is 0 Å². The Morgan fingerprint density at radius 3 is 2.76 bits per heavy atom. The Morgan fingerprint density at radius 1 is 1.48 bits per heavy atom. The number of hydrogen-bond donors (Lipinski definition) is 2. The highest BCUT2D eigenvalue weighted by Gasteiger charge is 2.30. The van der Waals surface area contributed by atoms with Crippen LogP contribution in [0.3, 0.4) is 0 Å². The Kier molecular flexibility index (Phi) is 4.36. The van der Waals surface area contributed by atoms with Crippen LogP contribution in [-0.4, -0.2) is 33.1 Å². The number of hydrogen-bond acceptors (Lipinski definition) is 4. The number of aryl methyl sites for hydroxylation is 1. The zero-order chi connectivity index (χ0) is 15.7. The van der Waals surface area contributed by atoms with Crippen molar-refractivity contribution in [2.24, 2.45) is 5.14 Å². The van der Waals surface area contributed by atoms with Crippen molar-refractivity contribution >= 4 is 15.9 Å². The number of carbonyl (C=O) groups is 1. The van der Waals surface area contributed by atoms with Crippen LogP contribution in [0.4, 0.5) is 0 Å². The Bertz CT molecular complexity index is 649. The van der Waals surface area contributed by atoms with Crippen LogP contribution in [0.15, 0.2) is 23.1 Å². The third kappa shape index (κ3) is 3.81. The molecule has 116 valence electrons. The number of benzene rings is 1. The average molecular weight is 312 g/mol. The predicted molar refractivity (Wildman–Crippen MR) is 78.5 cm³/mol. The van der Waals surface area contributed by atoms with E-state index >= 15 is 0 Å². The van der Waals surface area contributed by atoms with Crippen LogP contribution in [0.5, 0.6) is 0 Å². The molecule has 1 aliphatic heterocycles. The number of ether oxygens (including phenoxy) is 1. The van der Waals surface area contributed by atoms with E-state index < -0.39 is 10.0 Å². The highest BCUT2D eigenvalue weighted by Crippen LogP contribution is 2.24. The van der Waals surface area contributed by atoms with Crippen LogP contribution >= 0.6 is 0 Å². The number of nitrogens with two attached hydrogens (primary N) is 1. The Hall–Kier alpha value is -1.44. The lowest BCUT2D eigenvalue weighted by Gasteiger charge is -2.23. The first-order valence-corrected chi connectivity index (χ1v) is 8.32. The molecule has 0 radical (unpaired) electrons. The third-order valence-electron chi connectivity index (χ3n) is 3.68. The molecule has 1 aliphatic rings. The van der Waals surface area contributed by atoms with Gasteiger partial charge in [0.2, 0.25) is 10.0 Å². The summed E-state index contributed by atoms with van der Waals surface area (Å²) in [5.74, 6) is -0.336. The molecule has 1 aromatic rings. The first-order chi connectivity index (χ1) is 9.71. The molecule has 0 aliphatic carbocycles. The summed E-state index contributed by atoms with van der Waals surface area (Å²) >= 11 is 0. The zero-order valence-electron chi connectivity index (χ0n) is 12.2. The Labute approximate surface area is 124 Å². The van der Waals surface area contributed by atoms with Gasteiger partial charge < -0.3 is 10.1 Å². The highest BCUT2D eigenvalue weighted by atomic mass is 32.2. The van der Waals surface area contributed by atoms with Gasteiger partial charge in [-0.05, 0) is 44.4 Å². The molecule has 6 nitrogen and oxygen atoms in total. The lowest BCUT2D eigenvalue weighted by atomic mass is 10.0. The minimum Gasteiger partial charge on any atom is -0.373 e. The van der Waals surface area contributed by atoms with E-state index in [1.807, 2.05) is 6.92 Å². The fourth-order valence-electron chi connectivity index (χ4n) is 2.39. The van der Waals surface area contributed by atoms with Crippen LogP contribution in [-0.2, 0) is 14.8 Å². The second-order valence-electron chi connectivity index (χ2n) is 5.61. The van der Waals surface area contributed by atoms with E-state index in [1.165, 1.54) is 6.07 Å². The molecule has 2 rings (SSSR count). The molecular weight excluding hydrogens is 292 g/mol. The van der Waals surface area contributed by atoms with Gasteiger partial charge in [-0.1, -0.05) is 6.07 Å². The molecule has 0 aromatic heterocycles. The summed E-state index contributed by atoms with van der Waals surface area (Å²) < 4.78 is 28.5. The number of rotatable bonds is 4. The van der Waals surface area contributed by atoms with Gasteiger partial charge in [0.25, 0.3) is 5.91 Å². The van der Waals surface area contributed by atoms with Crippen molar-refractivity contribution < 1.29 is 17.9 Å². The summed E-state index contributed by atoms with van der Waals surface area (Å²) in [5, 5.41) is 7.92. The van der Waals surface area contributed by atoms with Crippen molar-refractivity contribution in [3.05, 3.63) is 29.3 Å². The van der Waals surface area contributed by atoms with Crippen molar-refractivity contribution in [3.63, 3.8) is 0 Å². The second-order valence-corrected chi connectivity index (χ2v) is 7.14. The summed E-state index contributed by atoms with van der Waals surface area (Å²) in [7, 11) is -3.84. The average Bonchev–Trinajstić information content (AvgIpc) is 2.83. The molecule has 1 unspecified atom stereocenters. The molecule has 21 heavy (non-hydrogen) atoms. The van der Waals surface area contributed by atoms with E-state index in [0.717, 1.165) is 12.8 Å². The van der Waals surface area contributed by atoms with Crippen LogP contribution in [0, 0.1) is 6.92 Å². The number of nitrogens with one attached hydrogen (secondary N) is 1. The standard InChI is InChI=1S/C14H20N2O4S/c1-10-4-5-11(8-12(10)21(15,18)19)13(17)16-9-14(2)6-3-7-20-14/h4-5,8H,3,6-7,9H2,1-2H3,(H,16,17)(H2,15,18,19). The molecule has 0 saturated carbocycles. The molecule has 0 spiro atoms. The van der Waals surface area contributed by atoms with E-state index in [-0.39, 0.29) is 22.0 Å². The number of carbonyl (C=O) groups excluding carboxylic acids is 1. The van der Waals surface area contributed by atoms with Crippen molar-refractivity contribution in [2.75, 3.05) is 13.2 Å². The van der Waals surface area contributed by atoms with Crippen LogP contribution in [0.1, 0.15) is 35.7 Å². The fourth-order valence-corrected chi connectivity index (χ4v) is 3.20. The molecule has 1 saturated heterocycles. The molecule has 1 atom stereocenters. The van der Waals surface area contributed by atoms with Gasteiger partial charge in [-0.25, -0.2) is 13.6 Å². The Morgan fingerprint density at radius 2 is 2.19 bits per heavy atom. The summed E-state index contributed by atoms with van der Waals surface area (Å²) in [6.45, 7) is 4.68. The summed E-state index contributed by atoms with van der Waals surface area (Å²) in [4.78, 5) is 12.1. The SMILES string of the molecule is Cc1ccc(C(=O)NCC2(C)CCCO2)cc1S(N)(=O)=O. The van der Waals surface area contributed by atoms with Gasteiger partial charge in [0, 0.05) is 18.7 Å². The first kappa shape index (κ1) is 15.9. The van der Waals surface area contributed by atoms with Crippen LogP contribution < -0.4 is 10.5 Å². The van der Waals surface area contributed by atoms with Gasteiger partial charge in [-0.3, -0.25) is 4.79 Å². The molecule has 1 heterocycles. The van der Waals surface area contributed by atoms with E-state index in [9.17, 15) is 13.2 Å². The molecule has 1 fully saturated rings. The quantitative estimate of drug-likeness (QED) is 0.864. The second kappa shape index (κ2) is 5.75. The van der Waals surface area contributed by atoms with Gasteiger partial charge in [0.15, 0.2) is 0 Å². The monoisotopic (exact) mass is 312 g/mol. The summed E-state index contributed by atoms with van der Waals surface area (Å²) in [6, 6.07) is 4.46. The topological polar surface area (TPSA) is 98.5 Å². The van der Waals surface area contributed by atoms with Gasteiger partial charge in [0.05, 0.1) is 10.5 Å². The lowest BCUT2D eigenvalue weighted by molar-refractivity contribution is 0.0206. The maximum Gasteiger partial charge on any atom is 0.251 e. The van der Waals surface area contributed by atoms with Crippen molar-refractivity contribution in [2.45, 2.75) is 37.2 Å². The normalized spacial score (nSPS) is 22.2. The van der Waals surface area contributed by atoms with E-state index in [0.29, 0.717) is 18.7 Å². The molecule has 7 heteroatoms. The van der Waals surface area contributed by atoms with Crippen molar-refractivity contribution in [1.82, 2.24) is 5.32 Å². The van der Waals surface area contributed by atoms with Gasteiger partial charge in [-0.2, -0.15) is 0 Å². The van der Waals surface area contributed by atoms with E-state index in [1.54, 1.807) is 19.1 Å². The van der Waals surface area contributed by atoms with Gasteiger partial charge >= 0.3 is 0 Å². The largest absolute Gasteiger partial charge is 0.373 e. The molecule has 1 aromatic carbocycles. The van der Waals surface area contributed by atoms with Crippen LogP contribution in [0.25, 0.3) is 0 Å². The summed E-state index contributed by atoms with van der Waals surface area (Å²) in [5.41, 5.74) is 0.440. The zero-order valence-corrected chi connectivity index (χ0v) is 13.0. The number of primary sulfonamides is 1. The summed E-state index contributed by atoms with van der Waals surface area (Å²) in [6.07, 6.45) is 1.87. The minimum absolute atomic E-state index is 0.0292. The van der Waals surface area contributed by atoms with Crippen LogP contribution in [0.2, 0.25) is 0 Å². The molecular formula is C14H20N2O4S. The maximum atomic E-state index is 12.1. The molecule has 3 N–H and O–H groups in total. The first-order valence-electron chi connectivity index (χ1n) is 6.77. The lowest BCUT2D eigenvalue weighted by Crippen LogP contribution is -2.40. The highest BCUT2D eigenvalue weighted by molar-refractivity contribution is 7.89. The predicted octanol–water partition coefficient (Wildman–Crippen LogP) is 0.941.